The van der Waals surface area contributed by atoms with E-state index < -0.39 is 32.6 Å². The molecule has 0 radical (unpaired) electrons. The molecule has 9 heteroatoms. The summed E-state index contributed by atoms with van der Waals surface area (Å²) in [5, 5.41) is 13.7. The van der Waals surface area contributed by atoms with Crippen LogP contribution in [0.5, 0.6) is 0 Å². The molecule has 0 aromatic carbocycles. The fraction of sp³-hybridized carbons (Fsp3) is 0.833. The van der Waals surface area contributed by atoms with Crippen molar-refractivity contribution in [1.82, 2.24) is 10.6 Å². The average Bonchev–Trinajstić information content (AvgIpc) is 2.34. The summed E-state index contributed by atoms with van der Waals surface area (Å²) in [7, 11) is -1.83. The standard InChI is InChI=1S/C12H24N2O6S/c1-12(2,21(4,18)19)8-13-11(17)14-9(10(15)16)6-5-7-20-3/h9H,5-8H2,1-4H3,(H,15,16)(H2,13,14,17). The Labute approximate surface area is 125 Å². The maximum atomic E-state index is 11.7. The topological polar surface area (TPSA) is 122 Å². The molecule has 0 fully saturated rings. The van der Waals surface area contributed by atoms with E-state index in [1.807, 2.05) is 0 Å². The van der Waals surface area contributed by atoms with Gasteiger partial charge < -0.3 is 20.5 Å². The second kappa shape index (κ2) is 8.18. The van der Waals surface area contributed by atoms with Crippen LogP contribution in [0.4, 0.5) is 4.79 Å². The number of urea groups is 1. The molecule has 0 rings (SSSR count). The van der Waals surface area contributed by atoms with Gasteiger partial charge in [0.2, 0.25) is 0 Å². The maximum absolute atomic E-state index is 11.7. The van der Waals surface area contributed by atoms with E-state index in [1.165, 1.54) is 21.0 Å². The Morgan fingerprint density at radius 2 is 1.90 bits per heavy atom. The molecule has 1 unspecified atom stereocenters. The van der Waals surface area contributed by atoms with Gasteiger partial charge in [-0.25, -0.2) is 18.0 Å². The summed E-state index contributed by atoms with van der Waals surface area (Å²) < 4.78 is 26.7. The maximum Gasteiger partial charge on any atom is 0.326 e. The highest BCUT2D eigenvalue weighted by atomic mass is 32.2. The zero-order valence-electron chi connectivity index (χ0n) is 12.8. The van der Waals surface area contributed by atoms with Crippen LogP contribution in [-0.2, 0) is 19.4 Å². The number of nitrogens with one attached hydrogen (secondary N) is 2. The minimum absolute atomic E-state index is 0.109. The highest BCUT2D eigenvalue weighted by Gasteiger charge is 2.31. The molecule has 0 bridgehead atoms. The first-order valence-electron chi connectivity index (χ1n) is 6.47. The summed E-state index contributed by atoms with van der Waals surface area (Å²) in [4.78, 5) is 22.7. The molecule has 21 heavy (non-hydrogen) atoms. The Balaban J connectivity index is 4.42. The number of carboxylic acid groups (broad SMARTS) is 1. The first-order chi connectivity index (χ1) is 9.51. The summed E-state index contributed by atoms with van der Waals surface area (Å²) in [5.74, 6) is -1.15. The van der Waals surface area contributed by atoms with Crippen molar-refractivity contribution in [2.24, 2.45) is 0 Å². The van der Waals surface area contributed by atoms with E-state index in [0.29, 0.717) is 13.0 Å². The third kappa shape index (κ3) is 7.28. The highest BCUT2D eigenvalue weighted by molar-refractivity contribution is 7.92. The molecule has 2 amide bonds. The highest BCUT2D eigenvalue weighted by Crippen LogP contribution is 2.13. The van der Waals surface area contributed by atoms with Crippen LogP contribution in [0.25, 0.3) is 0 Å². The van der Waals surface area contributed by atoms with Gasteiger partial charge in [-0.05, 0) is 26.7 Å². The van der Waals surface area contributed by atoms with Crippen LogP contribution < -0.4 is 10.6 Å². The lowest BCUT2D eigenvalue weighted by molar-refractivity contribution is -0.139. The summed E-state index contributed by atoms with van der Waals surface area (Å²) in [6.07, 6.45) is 1.80. The first-order valence-corrected chi connectivity index (χ1v) is 8.36. The van der Waals surface area contributed by atoms with E-state index in [1.54, 1.807) is 0 Å². The van der Waals surface area contributed by atoms with Gasteiger partial charge in [-0.3, -0.25) is 0 Å². The number of ether oxygens (including phenoxy) is 1. The lowest BCUT2D eigenvalue weighted by Crippen LogP contribution is -2.50. The van der Waals surface area contributed by atoms with Gasteiger partial charge >= 0.3 is 12.0 Å². The third-order valence-electron chi connectivity index (χ3n) is 3.12. The molecule has 0 saturated heterocycles. The van der Waals surface area contributed by atoms with Crippen LogP contribution in [0.15, 0.2) is 0 Å². The Kier molecular flexibility index (Phi) is 7.65. The third-order valence-corrected chi connectivity index (χ3v) is 5.27. The molecular weight excluding hydrogens is 300 g/mol. The van der Waals surface area contributed by atoms with Crippen molar-refractivity contribution in [2.45, 2.75) is 37.5 Å². The summed E-state index contributed by atoms with van der Waals surface area (Å²) in [6.45, 7) is 3.25. The molecule has 0 saturated carbocycles. The number of hydrogen-bond donors (Lipinski definition) is 3. The van der Waals surface area contributed by atoms with E-state index in [-0.39, 0.29) is 13.0 Å². The van der Waals surface area contributed by atoms with Crippen molar-refractivity contribution in [3.63, 3.8) is 0 Å². The number of hydrogen-bond acceptors (Lipinski definition) is 5. The second-order valence-electron chi connectivity index (χ2n) is 5.38. The summed E-state index contributed by atoms with van der Waals surface area (Å²) >= 11 is 0. The lowest BCUT2D eigenvalue weighted by Gasteiger charge is -2.23. The normalized spacial score (nSPS) is 13.5. The van der Waals surface area contributed by atoms with Crippen LogP contribution in [0.1, 0.15) is 26.7 Å². The van der Waals surface area contributed by atoms with Crippen molar-refractivity contribution in [1.29, 1.82) is 0 Å². The average molecular weight is 324 g/mol. The van der Waals surface area contributed by atoms with Gasteiger partial charge in [0.25, 0.3) is 0 Å². The van der Waals surface area contributed by atoms with Gasteiger partial charge in [-0.2, -0.15) is 0 Å². The molecule has 0 aromatic rings. The molecule has 0 heterocycles. The molecule has 8 nitrogen and oxygen atoms in total. The molecule has 0 aliphatic carbocycles. The molecule has 0 aliphatic heterocycles. The van der Waals surface area contributed by atoms with Crippen molar-refractivity contribution in [2.75, 3.05) is 26.5 Å². The van der Waals surface area contributed by atoms with Crippen LogP contribution >= 0.6 is 0 Å². The minimum atomic E-state index is -3.34. The number of sulfone groups is 1. The van der Waals surface area contributed by atoms with Gasteiger partial charge in [0, 0.05) is 26.5 Å². The largest absolute Gasteiger partial charge is 0.480 e. The quantitative estimate of drug-likeness (QED) is 0.513. The van der Waals surface area contributed by atoms with E-state index in [4.69, 9.17) is 9.84 Å². The predicted octanol–water partition coefficient (Wildman–Crippen LogP) is -0.0114. The fourth-order valence-electron chi connectivity index (χ4n) is 1.32. The molecule has 3 N–H and O–H groups in total. The van der Waals surface area contributed by atoms with E-state index in [9.17, 15) is 18.0 Å². The zero-order valence-corrected chi connectivity index (χ0v) is 13.6. The Hall–Kier alpha value is -1.35. The molecular formula is C12H24N2O6S. The number of amides is 2. The van der Waals surface area contributed by atoms with E-state index >= 15 is 0 Å². The number of carbonyl (C=O) groups is 2. The number of carbonyl (C=O) groups excluding carboxylic acids is 1. The van der Waals surface area contributed by atoms with E-state index in [0.717, 1.165) is 6.26 Å². The second-order valence-corrected chi connectivity index (χ2v) is 8.03. The van der Waals surface area contributed by atoms with Crippen molar-refractivity contribution in [3.05, 3.63) is 0 Å². The van der Waals surface area contributed by atoms with Crippen LogP contribution in [-0.4, -0.2) is 62.8 Å². The molecule has 1 atom stereocenters. The first kappa shape index (κ1) is 19.7. The Morgan fingerprint density at radius 1 is 1.33 bits per heavy atom. The smallest absolute Gasteiger partial charge is 0.326 e. The van der Waals surface area contributed by atoms with Gasteiger partial charge in [-0.1, -0.05) is 0 Å². The van der Waals surface area contributed by atoms with Crippen LogP contribution in [0.3, 0.4) is 0 Å². The number of aliphatic carboxylic acids is 1. The SMILES string of the molecule is COCCCC(NC(=O)NCC(C)(C)S(C)(=O)=O)C(=O)O. The van der Waals surface area contributed by atoms with Gasteiger partial charge in [0.05, 0.1) is 4.75 Å². The Morgan fingerprint density at radius 3 is 2.33 bits per heavy atom. The van der Waals surface area contributed by atoms with Gasteiger partial charge in [-0.15, -0.1) is 0 Å². The van der Waals surface area contributed by atoms with Crippen molar-refractivity contribution >= 4 is 21.8 Å². The Bertz CT molecular complexity index is 460. The molecule has 0 aromatic heterocycles. The molecule has 124 valence electrons. The van der Waals surface area contributed by atoms with Crippen LogP contribution in [0.2, 0.25) is 0 Å². The summed E-state index contributed by atoms with van der Waals surface area (Å²) in [6, 6.07) is -1.75. The minimum Gasteiger partial charge on any atom is -0.480 e. The zero-order chi connectivity index (χ0) is 16.7. The lowest BCUT2D eigenvalue weighted by atomic mass is 10.1. The number of rotatable bonds is 9. The van der Waals surface area contributed by atoms with Crippen LogP contribution in [0, 0.1) is 0 Å². The van der Waals surface area contributed by atoms with Gasteiger partial charge in [0.1, 0.15) is 6.04 Å². The van der Waals surface area contributed by atoms with Gasteiger partial charge in [0.15, 0.2) is 9.84 Å². The van der Waals surface area contributed by atoms with Crippen molar-refractivity contribution in [3.8, 4) is 0 Å². The number of carboxylic acids is 1. The fourth-order valence-corrected chi connectivity index (χ4v) is 1.66. The molecule has 0 aliphatic rings. The summed E-state index contributed by atoms with van der Waals surface area (Å²) in [5.41, 5.74) is 0. The monoisotopic (exact) mass is 324 g/mol. The molecule has 0 spiro atoms. The number of methoxy groups -OCH3 is 1. The van der Waals surface area contributed by atoms with Crippen molar-refractivity contribution < 1.29 is 27.9 Å². The van der Waals surface area contributed by atoms with E-state index in [2.05, 4.69) is 10.6 Å². The predicted molar refractivity (Wildman–Crippen MR) is 78.0 cm³/mol.